The lowest BCUT2D eigenvalue weighted by Crippen LogP contribution is -1.92. The molecular weight excluding hydrogens is 148 g/mol. The van der Waals surface area contributed by atoms with Crippen molar-refractivity contribution in [3.05, 3.63) is 23.8 Å². The maximum atomic E-state index is 5.09. The van der Waals surface area contributed by atoms with Crippen LogP contribution in [0.5, 0.6) is 0 Å². The third-order valence-electron chi connectivity index (χ3n) is 1.60. The monoisotopic (exact) mass is 168 g/mol. The van der Waals surface area contributed by atoms with Gasteiger partial charge in [-0.25, -0.2) is 0 Å². The van der Waals surface area contributed by atoms with Crippen molar-refractivity contribution in [1.29, 1.82) is 0 Å². The highest BCUT2D eigenvalue weighted by Gasteiger charge is 1.91. The van der Waals surface area contributed by atoms with Crippen molar-refractivity contribution >= 4 is 0 Å². The molecule has 0 aromatic heterocycles. The predicted octanol–water partition coefficient (Wildman–Crippen LogP) is 3.33. The fraction of sp³-hybridized carbons (Fsp3) is 0.636. The van der Waals surface area contributed by atoms with Gasteiger partial charge in [-0.3, -0.25) is 0 Å². The van der Waals surface area contributed by atoms with Crippen LogP contribution in [0.2, 0.25) is 0 Å². The van der Waals surface area contributed by atoms with Crippen LogP contribution >= 0.6 is 0 Å². The van der Waals surface area contributed by atoms with Crippen LogP contribution in [0.25, 0.3) is 0 Å². The second-order valence-electron chi connectivity index (χ2n) is 2.79. The third-order valence-corrected chi connectivity index (χ3v) is 1.60. The molecule has 0 aliphatic heterocycles. The van der Waals surface area contributed by atoms with E-state index >= 15 is 0 Å². The lowest BCUT2D eigenvalue weighted by atomic mass is 10.1. The lowest BCUT2D eigenvalue weighted by Gasteiger charge is -2.01. The zero-order chi connectivity index (χ0) is 9.23. The van der Waals surface area contributed by atoms with E-state index in [1.165, 1.54) is 5.57 Å². The summed E-state index contributed by atoms with van der Waals surface area (Å²) in [7, 11) is 1.74. The second kappa shape index (κ2) is 8.54. The Morgan fingerprint density at radius 3 is 2.42 bits per heavy atom. The van der Waals surface area contributed by atoms with E-state index in [-0.39, 0.29) is 0 Å². The first-order valence-corrected chi connectivity index (χ1v) is 4.66. The molecule has 0 amide bonds. The molecule has 0 aliphatic rings. The van der Waals surface area contributed by atoms with Crippen molar-refractivity contribution in [2.24, 2.45) is 0 Å². The molecule has 1 heteroatoms. The summed E-state index contributed by atoms with van der Waals surface area (Å²) in [6.07, 6.45) is 9.89. The lowest BCUT2D eigenvalue weighted by molar-refractivity contribution is 0.224. The van der Waals surface area contributed by atoms with E-state index in [1.807, 2.05) is 0 Å². The number of methoxy groups -OCH3 is 1. The van der Waals surface area contributed by atoms with Crippen molar-refractivity contribution in [3.63, 3.8) is 0 Å². The van der Waals surface area contributed by atoms with E-state index in [4.69, 9.17) is 4.74 Å². The summed E-state index contributed by atoms with van der Waals surface area (Å²) in [4.78, 5) is 0. The first-order valence-electron chi connectivity index (χ1n) is 4.66. The summed E-state index contributed by atoms with van der Waals surface area (Å²) in [6.45, 7) is 5.07. The standard InChI is InChI=1S/C11H20O/c1-4-6-7-9-11(8-5-2)10-12-3/h6-8H,4-5,9-10H2,1-3H3/b7-6-,11-8+. The molecule has 0 unspecified atom stereocenters. The third kappa shape index (κ3) is 6.17. The molecule has 0 aromatic rings. The molecule has 0 radical (unpaired) electrons. The molecule has 70 valence electrons. The molecular formula is C11H20O. The molecule has 0 heterocycles. The van der Waals surface area contributed by atoms with Crippen molar-refractivity contribution in [3.8, 4) is 0 Å². The van der Waals surface area contributed by atoms with Crippen molar-refractivity contribution in [2.45, 2.75) is 33.1 Å². The zero-order valence-electron chi connectivity index (χ0n) is 8.47. The molecule has 0 rings (SSSR count). The number of hydrogen-bond donors (Lipinski definition) is 0. The van der Waals surface area contributed by atoms with Crippen molar-refractivity contribution in [2.75, 3.05) is 13.7 Å². The quantitative estimate of drug-likeness (QED) is 0.553. The summed E-state index contributed by atoms with van der Waals surface area (Å²) in [5.41, 5.74) is 1.38. The van der Waals surface area contributed by atoms with Crippen LogP contribution in [0.1, 0.15) is 33.1 Å². The van der Waals surface area contributed by atoms with E-state index in [0.29, 0.717) is 0 Å². The normalized spacial score (nSPS) is 12.8. The summed E-state index contributed by atoms with van der Waals surface area (Å²) in [5.74, 6) is 0. The SMILES string of the molecule is CC/C=C\C/C(=C\CC)COC. The highest BCUT2D eigenvalue weighted by Crippen LogP contribution is 2.04. The van der Waals surface area contributed by atoms with Gasteiger partial charge in [0.15, 0.2) is 0 Å². The van der Waals surface area contributed by atoms with E-state index in [2.05, 4.69) is 32.1 Å². The Bertz CT molecular complexity index is 145. The molecule has 0 aliphatic carbocycles. The Balaban J connectivity index is 3.78. The summed E-state index contributed by atoms with van der Waals surface area (Å²) in [6, 6.07) is 0. The van der Waals surface area contributed by atoms with Crippen molar-refractivity contribution in [1.82, 2.24) is 0 Å². The highest BCUT2D eigenvalue weighted by molar-refractivity contribution is 5.07. The molecule has 1 nitrogen and oxygen atoms in total. The van der Waals surface area contributed by atoms with Gasteiger partial charge in [-0.15, -0.1) is 0 Å². The van der Waals surface area contributed by atoms with Gasteiger partial charge in [-0.2, -0.15) is 0 Å². The second-order valence-corrected chi connectivity index (χ2v) is 2.79. The maximum Gasteiger partial charge on any atom is 0.0676 e. The molecule has 0 atom stereocenters. The fourth-order valence-electron chi connectivity index (χ4n) is 1.08. The van der Waals surface area contributed by atoms with E-state index in [1.54, 1.807) is 7.11 Å². The Labute approximate surface area is 76.1 Å². The Morgan fingerprint density at radius 1 is 1.17 bits per heavy atom. The minimum atomic E-state index is 0.766. The number of hydrogen-bond acceptors (Lipinski definition) is 1. The molecule has 0 N–H and O–H groups in total. The van der Waals surface area contributed by atoms with Crippen LogP contribution in [0.3, 0.4) is 0 Å². The summed E-state index contributed by atoms with van der Waals surface area (Å²) in [5, 5.41) is 0. The molecule has 0 saturated carbocycles. The first kappa shape index (κ1) is 11.4. The van der Waals surface area contributed by atoms with Gasteiger partial charge in [0.05, 0.1) is 6.61 Å². The highest BCUT2D eigenvalue weighted by atomic mass is 16.5. The number of ether oxygens (including phenoxy) is 1. The fourth-order valence-corrected chi connectivity index (χ4v) is 1.08. The average molecular weight is 168 g/mol. The van der Waals surface area contributed by atoms with Gasteiger partial charge in [0.2, 0.25) is 0 Å². The van der Waals surface area contributed by atoms with Gasteiger partial charge in [0, 0.05) is 7.11 Å². The molecule has 0 aromatic carbocycles. The van der Waals surface area contributed by atoms with Crippen LogP contribution in [-0.4, -0.2) is 13.7 Å². The number of allylic oxidation sites excluding steroid dienone is 3. The van der Waals surface area contributed by atoms with Gasteiger partial charge in [0.25, 0.3) is 0 Å². The largest absolute Gasteiger partial charge is 0.380 e. The molecule has 0 bridgehead atoms. The first-order chi connectivity index (χ1) is 5.85. The van der Waals surface area contributed by atoms with Gasteiger partial charge < -0.3 is 4.74 Å². The summed E-state index contributed by atoms with van der Waals surface area (Å²) >= 11 is 0. The molecule has 0 saturated heterocycles. The maximum absolute atomic E-state index is 5.09. The van der Waals surface area contributed by atoms with Gasteiger partial charge in [0.1, 0.15) is 0 Å². The minimum absolute atomic E-state index is 0.766. The van der Waals surface area contributed by atoms with Gasteiger partial charge >= 0.3 is 0 Å². The molecule has 0 fully saturated rings. The van der Waals surface area contributed by atoms with Crippen LogP contribution in [0, 0.1) is 0 Å². The minimum Gasteiger partial charge on any atom is -0.380 e. The average Bonchev–Trinajstić information content (AvgIpc) is 2.06. The number of rotatable bonds is 6. The van der Waals surface area contributed by atoms with Crippen LogP contribution in [0.4, 0.5) is 0 Å². The summed E-state index contributed by atoms with van der Waals surface area (Å²) < 4.78 is 5.09. The topological polar surface area (TPSA) is 9.23 Å². The molecule has 12 heavy (non-hydrogen) atoms. The van der Waals surface area contributed by atoms with Gasteiger partial charge in [-0.05, 0) is 24.8 Å². The smallest absolute Gasteiger partial charge is 0.0676 e. The van der Waals surface area contributed by atoms with Gasteiger partial charge in [-0.1, -0.05) is 32.1 Å². The predicted molar refractivity (Wildman–Crippen MR) is 54.3 cm³/mol. The van der Waals surface area contributed by atoms with Crippen LogP contribution in [-0.2, 0) is 4.74 Å². The van der Waals surface area contributed by atoms with E-state index < -0.39 is 0 Å². The Hall–Kier alpha value is -0.560. The van der Waals surface area contributed by atoms with E-state index in [0.717, 1.165) is 25.9 Å². The molecule has 0 spiro atoms. The Kier molecular flexibility index (Phi) is 8.14. The van der Waals surface area contributed by atoms with Crippen molar-refractivity contribution < 1.29 is 4.74 Å². The zero-order valence-corrected chi connectivity index (χ0v) is 8.47. The van der Waals surface area contributed by atoms with E-state index in [9.17, 15) is 0 Å². The van der Waals surface area contributed by atoms with Crippen LogP contribution < -0.4 is 0 Å². The van der Waals surface area contributed by atoms with Crippen LogP contribution in [0.15, 0.2) is 23.8 Å². The Morgan fingerprint density at radius 2 is 1.92 bits per heavy atom.